The first-order valence-electron chi connectivity index (χ1n) is 8.13. The van der Waals surface area contributed by atoms with E-state index in [-0.39, 0.29) is 0 Å². The molecule has 21 heavy (non-hydrogen) atoms. The zero-order valence-electron chi connectivity index (χ0n) is 12.9. The minimum atomic E-state index is 0.810. The minimum Gasteiger partial charge on any atom is -0.492 e. The average Bonchev–Trinajstić information content (AvgIpc) is 2.52. The van der Waals surface area contributed by atoms with Gasteiger partial charge in [0.25, 0.3) is 0 Å². The number of halogens is 1. The molecule has 0 bridgehead atoms. The van der Waals surface area contributed by atoms with Crippen LogP contribution in [0.15, 0.2) is 40.9 Å². The highest BCUT2D eigenvalue weighted by Gasteiger charge is 2.05. The summed E-state index contributed by atoms with van der Waals surface area (Å²) in [5.74, 6) is 0.958. The summed E-state index contributed by atoms with van der Waals surface area (Å²) < 4.78 is 7.00. The summed E-state index contributed by atoms with van der Waals surface area (Å²) in [6, 6.07) is 12.6. The van der Waals surface area contributed by atoms with Crippen LogP contribution in [0.4, 0.5) is 0 Å². The first-order chi connectivity index (χ1) is 10.3. The number of ether oxygens (including phenoxy) is 1. The number of hydrogen-bond donors (Lipinski definition) is 0. The van der Waals surface area contributed by atoms with E-state index in [0.717, 1.165) is 23.2 Å². The molecule has 0 atom stereocenters. The molecule has 0 N–H and O–H groups in total. The highest BCUT2D eigenvalue weighted by Crippen LogP contribution is 2.33. The summed E-state index contributed by atoms with van der Waals surface area (Å²) in [5, 5.41) is 2.46. The number of rotatable bonds is 9. The third-order valence-corrected chi connectivity index (χ3v) is 4.65. The van der Waals surface area contributed by atoms with Crippen LogP contribution in [-0.4, -0.2) is 6.61 Å². The van der Waals surface area contributed by atoms with E-state index in [1.54, 1.807) is 0 Å². The first-order valence-corrected chi connectivity index (χ1v) is 8.92. The quantitative estimate of drug-likeness (QED) is 0.456. The molecule has 0 saturated heterocycles. The smallest absolute Gasteiger partial charge is 0.134 e. The highest BCUT2D eigenvalue weighted by molar-refractivity contribution is 9.10. The SMILES string of the molecule is CCCCCCCCCOc1ccc2ccccc2c1Br. The Morgan fingerprint density at radius 2 is 1.57 bits per heavy atom. The fraction of sp³-hybridized carbons (Fsp3) is 0.474. The number of benzene rings is 2. The van der Waals surface area contributed by atoms with Crippen LogP contribution in [-0.2, 0) is 0 Å². The molecular weight excluding hydrogens is 324 g/mol. The van der Waals surface area contributed by atoms with Gasteiger partial charge in [-0.2, -0.15) is 0 Å². The molecule has 1 nitrogen and oxygen atoms in total. The third-order valence-electron chi connectivity index (χ3n) is 3.83. The van der Waals surface area contributed by atoms with Gasteiger partial charge >= 0.3 is 0 Å². The molecule has 0 fully saturated rings. The number of hydrogen-bond acceptors (Lipinski definition) is 1. The zero-order valence-corrected chi connectivity index (χ0v) is 14.5. The summed E-state index contributed by atoms with van der Waals surface area (Å²) in [6.45, 7) is 3.07. The standard InChI is InChI=1S/C19H25BrO/c1-2-3-4-5-6-7-10-15-21-18-14-13-16-11-8-9-12-17(16)19(18)20/h8-9,11-14H,2-7,10,15H2,1H3. The van der Waals surface area contributed by atoms with Gasteiger partial charge in [0.15, 0.2) is 0 Å². The fourth-order valence-electron chi connectivity index (χ4n) is 2.57. The molecule has 0 amide bonds. The van der Waals surface area contributed by atoms with E-state index in [4.69, 9.17) is 4.74 Å². The minimum absolute atomic E-state index is 0.810. The van der Waals surface area contributed by atoms with Crippen molar-refractivity contribution >= 4 is 26.7 Å². The lowest BCUT2D eigenvalue weighted by Gasteiger charge is -2.10. The van der Waals surface area contributed by atoms with Crippen molar-refractivity contribution in [2.75, 3.05) is 6.61 Å². The van der Waals surface area contributed by atoms with Crippen LogP contribution in [0.5, 0.6) is 5.75 Å². The summed E-state index contributed by atoms with van der Waals surface area (Å²) in [5.41, 5.74) is 0. The number of fused-ring (bicyclic) bond motifs is 1. The zero-order chi connectivity index (χ0) is 14.9. The van der Waals surface area contributed by atoms with Gasteiger partial charge in [-0.25, -0.2) is 0 Å². The maximum atomic E-state index is 5.93. The Hall–Kier alpha value is -1.02. The van der Waals surface area contributed by atoms with Gasteiger partial charge < -0.3 is 4.74 Å². The van der Waals surface area contributed by atoms with Gasteiger partial charge in [0.1, 0.15) is 5.75 Å². The summed E-state index contributed by atoms with van der Waals surface area (Å²) in [7, 11) is 0. The second-order valence-corrected chi connectivity index (χ2v) is 6.36. The van der Waals surface area contributed by atoms with Crippen molar-refractivity contribution in [3.8, 4) is 5.75 Å². The predicted molar refractivity (Wildman–Crippen MR) is 95.1 cm³/mol. The summed E-state index contributed by atoms with van der Waals surface area (Å²) in [4.78, 5) is 0. The Morgan fingerprint density at radius 1 is 0.857 bits per heavy atom. The van der Waals surface area contributed by atoms with Gasteiger partial charge in [0, 0.05) is 0 Å². The van der Waals surface area contributed by atoms with Crippen molar-refractivity contribution in [1.29, 1.82) is 0 Å². The molecule has 114 valence electrons. The molecule has 0 unspecified atom stereocenters. The Labute approximate surface area is 136 Å². The lowest BCUT2D eigenvalue weighted by molar-refractivity contribution is 0.303. The molecule has 2 rings (SSSR count). The fourth-order valence-corrected chi connectivity index (χ4v) is 3.17. The van der Waals surface area contributed by atoms with Gasteiger partial charge in [0.05, 0.1) is 11.1 Å². The lowest BCUT2D eigenvalue weighted by Crippen LogP contribution is -1.98. The van der Waals surface area contributed by atoms with E-state index < -0.39 is 0 Å². The third kappa shape index (κ3) is 5.03. The van der Waals surface area contributed by atoms with Gasteiger partial charge in [0.2, 0.25) is 0 Å². The molecular formula is C19H25BrO. The summed E-state index contributed by atoms with van der Waals surface area (Å²) in [6.07, 6.45) is 9.20. The number of unbranched alkanes of at least 4 members (excludes halogenated alkanes) is 6. The van der Waals surface area contributed by atoms with Crippen molar-refractivity contribution in [3.63, 3.8) is 0 Å². The van der Waals surface area contributed by atoms with Crippen LogP contribution in [0, 0.1) is 0 Å². The van der Waals surface area contributed by atoms with Crippen LogP contribution in [0.3, 0.4) is 0 Å². The van der Waals surface area contributed by atoms with Crippen LogP contribution in [0.1, 0.15) is 51.9 Å². The molecule has 2 heteroatoms. The van der Waals surface area contributed by atoms with Crippen LogP contribution < -0.4 is 4.74 Å². The van der Waals surface area contributed by atoms with E-state index in [0.29, 0.717) is 0 Å². The Morgan fingerprint density at radius 3 is 2.38 bits per heavy atom. The van der Waals surface area contributed by atoms with Crippen molar-refractivity contribution in [2.24, 2.45) is 0 Å². The van der Waals surface area contributed by atoms with Crippen molar-refractivity contribution in [3.05, 3.63) is 40.9 Å². The molecule has 0 aromatic heterocycles. The Kier molecular flexibility index (Phi) is 7.08. The molecule has 0 radical (unpaired) electrons. The van der Waals surface area contributed by atoms with Gasteiger partial charge in [-0.15, -0.1) is 0 Å². The topological polar surface area (TPSA) is 9.23 Å². The van der Waals surface area contributed by atoms with E-state index in [1.807, 2.05) is 0 Å². The Bertz CT molecular complexity index is 550. The maximum absolute atomic E-state index is 5.93. The second kappa shape index (κ2) is 9.09. The van der Waals surface area contributed by atoms with Gasteiger partial charge in [-0.1, -0.05) is 75.8 Å². The Balaban J connectivity index is 1.75. The molecule has 0 saturated carbocycles. The van der Waals surface area contributed by atoms with E-state index in [9.17, 15) is 0 Å². The van der Waals surface area contributed by atoms with Crippen molar-refractivity contribution < 1.29 is 4.74 Å². The van der Waals surface area contributed by atoms with Crippen molar-refractivity contribution in [1.82, 2.24) is 0 Å². The maximum Gasteiger partial charge on any atom is 0.134 e. The first kappa shape index (κ1) is 16.4. The van der Waals surface area contributed by atoms with Gasteiger partial charge in [-0.05, 0) is 39.2 Å². The van der Waals surface area contributed by atoms with Crippen LogP contribution in [0.25, 0.3) is 10.8 Å². The largest absolute Gasteiger partial charge is 0.492 e. The summed E-state index contributed by atoms with van der Waals surface area (Å²) >= 11 is 3.67. The van der Waals surface area contributed by atoms with Crippen LogP contribution in [0.2, 0.25) is 0 Å². The molecule has 0 aliphatic carbocycles. The molecule has 2 aromatic rings. The molecule has 0 aliphatic rings. The monoisotopic (exact) mass is 348 g/mol. The van der Waals surface area contributed by atoms with Crippen molar-refractivity contribution in [2.45, 2.75) is 51.9 Å². The van der Waals surface area contributed by atoms with E-state index in [1.165, 1.54) is 49.3 Å². The normalized spacial score (nSPS) is 11.0. The molecule has 0 heterocycles. The highest BCUT2D eigenvalue weighted by atomic mass is 79.9. The lowest BCUT2D eigenvalue weighted by atomic mass is 10.1. The van der Waals surface area contributed by atoms with E-state index in [2.05, 4.69) is 59.3 Å². The predicted octanol–water partition coefficient (Wildman–Crippen LogP) is 6.73. The molecule has 2 aromatic carbocycles. The van der Waals surface area contributed by atoms with E-state index >= 15 is 0 Å². The molecule has 0 aliphatic heterocycles. The molecule has 0 spiro atoms. The van der Waals surface area contributed by atoms with Crippen LogP contribution >= 0.6 is 15.9 Å². The van der Waals surface area contributed by atoms with Gasteiger partial charge in [-0.3, -0.25) is 0 Å². The average molecular weight is 349 g/mol. The second-order valence-electron chi connectivity index (χ2n) is 5.57.